The van der Waals surface area contributed by atoms with Crippen LogP contribution < -0.4 is 0 Å². The molecular formula is C9H24B6O10. The summed E-state index contributed by atoms with van der Waals surface area (Å²) < 4.78 is 50.9. The van der Waals surface area contributed by atoms with Gasteiger partial charge in [0.05, 0.1) is 0 Å². The molecule has 2 fully saturated rings. The fourth-order valence-electron chi connectivity index (χ4n) is 1.75. The van der Waals surface area contributed by atoms with Crippen LogP contribution in [-0.2, 0) is 46.0 Å². The molecule has 0 aromatic carbocycles. The van der Waals surface area contributed by atoms with E-state index in [1.54, 1.807) is 13.6 Å². The van der Waals surface area contributed by atoms with Crippen molar-refractivity contribution in [3.8, 4) is 0 Å². The zero-order valence-electron chi connectivity index (χ0n) is 15.7. The highest BCUT2D eigenvalue weighted by molar-refractivity contribution is 6.69. The summed E-state index contributed by atoms with van der Waals surface area (Å²) in [5.74, 6) is 0. The van der Waals surface area contributed by atoms with Crippen molar-refractivity contribution in [2.24, 2.45) is 0 Å². The van der Waals surface area contributed by atoms with Crippen LogP contribution in [0.2, 0.25) is 13.6 Å². The molecule has 2 aliphatic heterocycles. The summed E-state index contributed by atoms with van der Waals surface area (Å²) in [6.07, 6.45) is 0. The summed E-state index contributed by atoms with van der Waals surface area (Å²) >= 11 is 0. The quantitative estimate of drug-likeness (QED) is 0.581. The van der Waals surface area contributed by atoms with Crippen molar-refractivity contribution >= 4 is 43.5 Å². The van der Waals surface area contributed by atoms with E-state index in [0.29, 0.717) is 19.8 Å². The molecule has 2 aliphatic rings. The fraction of sp³-hybridized carbons (Fsp3) is 1.00. The maximum absolute atomic E-state index is 5.16. The summed E-state index contributed by atoms with van der Waals surface area (Å²) in [7, 11) is -2.03. The van der Waals surface area contributed by atoms with Crippen molar-refractivity contribution in [2.45, 2.75) is 34.4 Å². The van der Waals surface area contributed by atoms with Crippen LogP contribution in [0.5, 0.6) is 0 Å². The highest BCUT2D eigenvalue weighted by Crippen LogP contribution is 2.10. The molecule has 16 heteroatoms. The van der Waals surface area contributed by atoms with Gasteiger partial charge in [-0.25, -0.2) is 0 Å². The van der Waals surface area contributed by atoms with E-state index < -0.39 is 29.3 Å². The van der Waals surface area contributed by atoms with Crippen molar-refractivity contribution in [3.05, 3.63) is 0 Å². The largest absolute Gasteiger partial charge is 0.613 e. The molecule has 0 unspecified atom stereocenters. The Balaban J connectivity index is 0.000000251. The fourth-order valence-corrected chi connectivity index (χ4v) is 1.75. The molecule has 0 N–H and O–H groups in total. The van der Waals surface area contributed by atoms with Gasteiger partial charge in [0.2, 0.25) is 0 Å². The van der Waals surface area contributed by atoms with E-state index in [1.807, 2.05) is 20.8 Å². The minimum atomic E-state index is -0.703. The second-order valence-corrected chi connectivity index (χ2v) is 4.71. The van der Waals surface area contributed by atoms with E-state index in [0.717, 1.165) is 0 Å². The van der Waals surface area contributed by atoms with Crippen LogP contribution in [0.25, 0.3) is 0 Å². The van der Waals surface area contributed by atoms with Gasteiger partial charge in [-0.2, -0.15) is 0 Å². The number of hydrogen-bond donors (Lipinski definition) is 0. The molecule has 0 radical (unpaired) electrons. The van der Waals surface area contributed by atoms with E-state index in [4.69, 9.17) is 46.0 Å². The first kappa shape index (κ1) is 23.0. The van der Waals surface area contributed by atoms with Gasteiger partial charge in [-0.1, -0.05) is 0 Å². The lowest BCUT2D eigenvalue weighted by Gasteiger charge is -2.26. The zero-order valence-corrected chi connectivity index (χ0v) is 15.7. The van der Waals surface area contributed by atoms with E-state index in [9.17, 15) is 0 Å². The summed E-state index contributed by atoms with van der Waals surface area (Å²) in [5.41, 5.74) is 0. The third-order valence-electron chi connectivity index (χ3n) is 2.76. The van der Waals surface area contributed by atoms with Crippen molar-refractivity contribution in [1.29, 1.82) is 0 Å². The van der Waals surface area contributed by atoms with Crippen LogP contribution in [0.1, 0.15) is 20.8 Å². The van der Waals surface area contributed by atoms with Gasteiger partial charge in [-0.3, -0.25) is 0 Å². The molecular weight excluding hydrogens is 333 g/mol. The molecule has 0 atom stereocenters. The van der Waals surface area contributed by atoms with Crippen LogP contribution in [0, 0.1) is 0 Å². The van der Waals surface area contributed by atoms with Crippen molar-refractivity contribution in [2.75, 3.05) is 26.9 Å². The van der Waals surface area contributed by atoms with Crippen LogP contribution >= 0.6 is 0 Å². The van der Waals surface area contributed by atoms with Gasteiger partial charge in [-0.15, -0.1) is 0 Å². The minimum absolute atomic E-state index is 0.373. The molecule has 0 bridgehead atoms. The predicted molar refractivity (Wildman–Crippen MR) is 94.6 cm³/mol. The van der Waals surface area contributed by atoms with Gasteiger partial charge in [0.1, 0.15) is 0 Å². The second-order valence-electron chi connectivity index (χ2n) is 4.71. The third-order valence-corrected chi connectivity index (χ3v) is 2.76. The normalized spacial score (nSPS) is 18.5. The first-order valence-electron chi connectivity index (χ1n) is 8.32. The molecule has 2 heterocycles. The smallest absolute Gasteiger partial charge is 0.427 e. The monoisotopic (exact) mass is 358 g/mol. The SMILES string of the molecule is CCOB1OB(C)OB(OC)O1.CCOB1OB(C)OB(OCC)O1. The Kier molecular flexibility index (Phi) is 12.2. The van der Waals surface area contributed by atoms with Gasteiger partial charge >= 0.3 is 43.5 Å². The van der Waals surface area contributed by atoms with Crippen molar-refractivity contribution in [1.82, 2.24) is 0 Å². The first-order valence-corrected chi connectivity index (χ1v) is 8.32. The Bertz CT molecular complexity index is 332. The van der Waals surface area contributed by atoms with Gasteiger partial charge in [0.15, 0.2) is 0 Å². The molecule has 0 amide bonds. The predicted octanol–water partition coefficient (Wildman–Crippen LogP) is 0.0311. The molecule has 0 aromatic rings. The maximum Gasteiger partial charge on any atom is 0.613 e. The highest BCUT2D eigenvalue weighted by Gasteiger charge is 2.42. The number of rotatable bonds is 7. The van der Waals surface area contributed by atoms with Crippen LogP contribution in [0.3, 0.4) is 0 Å². The average molecular weight is 357 g/mol. The van der Waals surface area contributed by atoms with E-state index >= 15 is 0 Å². The van der Waals surface area contributed by atoms with Gasteiger partial charge < -0.3 is 46.0 Å². The lowest BCUT2D eigenvalue weighted by Crippen LogP contribution is -2.50. The molecule has 10 nitrogen and oxygen atoms in total. The Hall–Kier alpha value is -0.0104. The Morgan fingerprint density at radius 3 is 1.20 bits per heavy atom. The van der Waals surface area contributed by atoms with Crippen LogP contribution in [0.4, 0.5) is 0 Å². The molecule has 0 spiro atoms. The molecule has 2 rings (SSSR count). The van der Waals surface area contributed by atoms with Crippen LogP contribution in [-0.4, -0.2) is 70.5 Å². The number of hydrogen-bond acceptors (Lipinski definition) is 10. The lowest BCUT2D eigenvalue weighted by molar-refractivity contribution is 0.113. The van der Waals surface area contributed by atoms with E-state index in [1.165, 1.54) is 7.11 Å². The molecule has 0 aliphatic carbocycles. The molecule has 25 heavy (non-hydrogen) atoms. The standard InChI is InChI=1S/C5H13B3O5.C4H11B3O5/c1-4-9-7-11-6(3)12-8(13-7)10-5-2;1-4-9-7-11-5(2)10-6(8-3)12-7/h4-5H2,1-3H3;4H2,1-3H3. The second kappa shape index (κ2) is 13.2. The summed E-state index contributed by atoms with van der Waals surface area (Å²) in [4.78, 5) is 0. The molecule has 0 aromatic heterocycles. The lowest BCUT2D eigenvalue weighted by atomic mass is 9.85. The Morgan fingerprint density at radius 2 is 0.880 bits per heavy atom. The van der Waals surface area contributed by atoms with Crippen LogP contribution in [0.15, 0.2) is 0 Å². The topological polar surface area (TPSA) is 92.3 Å². The van der Waals surface area contributed by atoms with Gasteiger partial charge in [0, 0.05) is 26.9 Å². The van der Waals surface area contributed by atoms with Gasteiger partial charge in [0.25, 0.3) is 0 Å². The maximum atomic E-state index is 5.16. The first-order chi connectivity index (χ1) is 12.0. The van der Waals surface area contributed by atoms with E-state index in [2.05, 4.69) is 0 Å². The summed E-state index contributed by atoms with van der Waals surface area (Å²) in [6, 6.07) is 0. The average Bonchev–Trinajstić information content (AvgIpc) is 2.55. The van der Waals surface area contributed by atoms with E-state index in [-0.39, 0.29) is 14.2 Å². The summed E-state index contributed by atoms with van der Waals surface area (Å²) in [6.45, 7) is 10.7. The highest BCUT2D eigenvalue weighted by atomic mass is 16.8. The molecule has 138 valence electrons. The molecule has 0 saturated carbocycles. The molecule has 2 saturated heterocycles. The van der Waals surface area contributed by atoms with Crippen molar-refractivity contribution in [3.63, 3.8) is 0 Å². The Labute approximate surface area is 151 Å². The third kappa shape index (κ3) is 9.48. The van der Waals surface area contributed by atoms with Crippen molar-refractivity contribution < 1.29 is 46.0 Å². The van der Waals surface area contributed by atoms with Gasteiger partial charge in [-0.05, 0) is 34.4 Å². The minimum Gasteiger partial charge on any atom is -0.427 e. The Morgan fingerprint density at radius 1 is 0.560 bits per heavy atom. The zero-order chi connectivity index (χ0) is 18.7. The summed E-state index contributed by atoms with van der Waals surface area (Å²) in [5, 5.41) is 0.